The second kappa shape index (κ2) is 5.40. The fourth-order valence-electron chi connectivity index (χ4n) is 3.37. The molecule has 0 spiro atoms. The van der Waals surface area contributed by atoms with Crippen LogP contribution in [-0.2, 0) is 4.79 Å². The Morgan fingerprint density at radius 3 is 2.91 bits per heavy atom. The molecular weight excluding hydrogens is 276 g/mol. The minimum absolute atomic E-state index is 0.0592. The van der Waals surface area contributed by atoms with Crippen molar-refractivity contribution < 1.29 is 4.79 Å². The molecule has 3 heterocycles. The van der Waals surface area contributed by atoms with Crippen LogP contribution in [0.5, 0.6) is 0 Å². The van der Waals surface area contributed by atoms with Gasteiger partial charge in [0.25, 0.3) is 0 Å². The molecule has 0 radical (unpaired) electrons. The van der Waals surface area contributed by atoms with E-state index in [1.165, 1.54) is 0 Å². The number of carbonyl (C=O) groups is 1. The van der Waals surface area contributed by atoms with Crippen molar-refractivity contribution in [1.82, 2.24) is 4.90 Å². The summed E-state index contributed by atoms with van der Waals surface area (Å²) < 4.78 is 0. The number of hydrogen-bond donors (Lipinski definition) is 0. The highest BCUT2D eigenvalue weighted by molar-refractivity contribution is 6.19. The highest BCUT2D eigenvalue weighted by atomic mass is 16.2. The third kappa shape index (κ3) is 2.22. The number of amides is 1. The van der Waals surface area contributed by atoms with E-state index < -0.39 is 0 Å². The molecule has 22 heavy (non-hydrogen) atoms. The Morgan fingerprint density at radius 2 is 2.05 bits per heavy atom. The highest BCUT2D eigenvalue weighted by Gasteiger charge is 2.34. The minimum atomic E-state index is -0.0592. The minimum Gasteiger partial charge on any atom is -0.360 e. The molecule has 4 rings (SSSR count). The van der Waals surface area contributed by atoms with E-state index in [0.29, 0.717) is 6.54 Å². The molecule has 0 aliphatic carbocycles. The van der Waals surface area contributed by atoms with E-state index in [4.69, 9.17) is 0 Å². The van der Waals surface area contributed by atoms with Gasteiger partial charge < -0.3 is 9.80 Å². The molecular formula is C17H18N4O. The second-order valence-electron chi connectivity index (χ2n) is 5.84. The van der Waals surface area contributed by atoms with Gasteiger partial charge in [0.15, 0.2) is 0 Å². The molecule has 0 N–H and O–H groups in total. The average molecular weight is 294 g/mol. The normalized spacial score (nSPS) is 23.4. The summed E-state index contributed by atoms with van der Waals surface area (Å²) in [5.41, 5.74) is 3.10. The molecule has 1 aromatic rings. The van der Waals surface area contributed by atoms with Crippen LogP contribution in [0, 0.1) is 0 Å². The lowest BCUT2D eigenvalue weighted by atomic mass is 10.1. The molecule has 1 amide bonds. The molecule has 1 aromatic carbocycles. The SMILES string of the molecule is O=C(C1CCCN1c1ccccc1)N1C=C2C=NN=C2CC1. The maximum Gasteiger partial charge on any atom is 0.249 e. The molecule has 5 nitrogen and oxygen atoms in total. The number of anilines is 1. The Labute approximate surface area is 129 Å². The zero-order valence-electron chi connectivity index (χ0n) is 12.4. The van der Waals surface area contributed by atoms with Crippen LogP contribution in [0.3, 0.4) is 0 Å². The van der Waals surface area contributed by atoms with Crippen LogP contribution in [0.15, 0.2) is 52.3 Å². The molecule has 1 atom stereocenters. The van der Waals surface area contributed by atoms with Gasteiger partial charge in [-0.05, 0) is 25.0 Å². The Kier molecular flexibility index (Phi) is 3.25. The lowest BCUT2D eigenvalue weighted by molar-refractivity contribution is -0.129. The lowest BCUT2D eigenvalue weighted by Crippen LogP contribution is -2.45. The number of hydrogen-bond acceptors (Lipinski definition) is 4. The van der Waals surface area contributed by atoms with Gasteiger partial charge in [-0.2, -0.15) is 10.2 Å². The number of fused-ring (bicyclic) bond motifs is 1. The van der Waals surface area contributed by atoms with Crippen LogP contribution in [-0.4, -0.2) is 41.9 Å². The zero-order chi connectivity index (χ0) is 14.9. The predicted octanol–water partition coefficient (Wildman–Crippen LogP) is 2.21. The highest BCUT2D eigenvalue weighted by Crippen LogP contribution is 2.27. The van der Waals surface area contributed by atoms with Crippen molar-refractivity contribution in [3.63, 3.8) is 0 Å². The van der Waals surface area contributed by atoms with Crippen LogP contribution in [0.1, 0.15) is 19.3 Å². The summed E-state index contributed by atoms with van der Waals surface area (Å²) in [5.74, 6) is 0.188. The molecule has 0 aromatic heterocycles. The fraction of sp³-hybridized carbons (Fsp3) is 0.353. The third-order valence-electron chi connectivity index (χ3n) is 4.50. The molecule has 1 saturated heterocycles. The van der Waals surface area contributed by atoms with Crippen molar-refractivity contribution in [3.05, 3.63) is 42.1 Å². The largest absolute Gasteiger partial charge is 0.360 e. The molecule has 0 saturated carbocycles. The first-order valence-electron chi connectivity index (χ1n) is 7.77. The first kappa shape index (κ1) is 13.2. The van der Waals surface area contributed by atoms with Gasteiger partial charge in [-0.1, -0.05) is 18.2 Å². The molecule has 1 unspecified atom stereocenters. The monoisotopic (exact) mass is 294 g/mol. The Hall–Kier alpha value is -2.43. The number of benzene rings is 1. The van der Waals surface area contributed by atoms with Gasteiger partial charge in [0.2, 0.25) is 5.91 Å². The first-order chi connectivity index (χ1) is 10.8. The molecule has 112 valence electrons. The summed E-state index contributed by atoms with van der Waals surface area (Å²) in [5, 5.41) is 8.01. The van der Waals surface area contributed by atoms with Gasteiger partial charge in [-0.25, -0.2) is 0 Å². The summed E-state index contributed by atoms with van der Waals surface area (Å²) in [4.78, 5) is 17.0. The molecule has 5 heteroatoms. The van der Waals surface area contributed by atoms with E-state index in [-0.39, 0.29) is 11.9 Å². The molecule has 1 fully saturated rings. The van der Waals surface area contributed by atoms with E-state index in [1.807, 2.05) is 29.3 Å². The summed E-state index contributed by atoms with van der Waals surface area (Å²) in [6.07, 6.45) is 6.41. The van der Waals surface area contributed by atoms with E-state index in [1.54, 1.807) is 6.21 Å². The van der Waals surface area contributed by atoms with Gasteiger partial charge >= 0.3 is 0 Å². The van der Waals surface area contributed by atoms with Gasteiger partial charge in [-0.15, -0.1) is 0 Å². The smallest absolute Gasteiger partial charge is 0.249 e. The lowest BCUT2D eigenvalue weighted by Gasteiger charge is -2.31. The van der Waals surface area contributed by atoms with Crippen molar-refractivity contribution in [2.24, 2.45) is 10.2 Å². The maximum atomic E-state index is 12.9. The van der Waals surface area contributed by atoms with Gasteiger partial charge in [0, 0.05) is 37.0 Å². The third-order valence-corrected chi connectivity index (χ3v) is 4.50. The van der Waals surface area contributed by atoms with Crippen molar-refractivity contribution in [2.75, 3.05) is 18.0 Å². The van der Waals surface area contributed by atoms with Crippen LogP contribution < -0.4 is 4.90 Å². The molecule has 3 aliphatic heterocycles. The average Bonchev–Trinajstić information content (AvgIpc) is 3.23. The van der Waals surface area contributed by atoms with Gasteiger partial charge in [0.05, 0.1) is 11.9 Å². The van der Waals surface area contributed by atoms with Crippen molar-refractivity contribution >= 4 is 23.5 Å². The van der Waals surface area contributed by atoms with Crippen molar-refractivity contribution in [1.29, 1.82) is 0 Å². The number of allylic oxidation sites excluding steroid dienone is 1. The quantitative estimate of drug-likeness (QED) is 0.839. The van der Waals surface area contributed by atoms with Crippen LogP contribution >= 0.6 is 0 Å². The van der Waals surface area contributed by atoms with E-state index in [0.717, 1.165) is 42.8 Å². The van der Waals surface area contributed by atoms with Crippen molar-refractivity contribution in [2.45, 2.75) is 25.3 Å². The second-order valence-corrected chi connectivity index (χ2v) is 5.84. The summed E-state index contributed by atoms with van der Waals surface area (Å²) in [6.45, 7) is 1.64. The number of carbonyl (C=O) groups excluding carboxylic acids is 1. The zero-order valence-corrected chi connectivity index (χ0v) is 12.4. The summed E-state index contributed by atoms with van der Waals surface area (Å²) in [7, 11) is 0. The summed E-state index contributed by atoms with van der Waals surface area (Å²) in [6, 6.07) is 10.1. The van der Waals surface area contributed by atoms with Crippen molar-refractivity contribution in [3.8, 4) is 0 Å². The standard InChI is InChI=1S/C17H18N4O/c22-17(20-10-8-15-13(12-20)11-18-19-15)16-7-4-9-21(16)14-5-2-1-3-6-14/h1-3,5-6,11-12,16H,4,7-10H2. The first-order valence-corrected chi connectivity index (χ1v) is 7.77. The topological polar surface area (TPSA) is 48.3 Å². The van der Waals surface area contributed by atoms with Crippen LogP contribution in [0.25, 0.3) is 0 Å². The van der Waals surface area contributed by atoms with Gasteiger partial charge in [0.1, 0.15) is 6.04 Å². The Bertz CT molecular complexity index is 677. The number of rotatable bonds is 2. The van der Waals surface area contributed by atoms with Gasteiger partial charge in [-0.3, -0.25) is 4.79 Å². The van der Waals surface area contributed by atoms with E-state index >= 15 is 0 Å². The van der Waals surface area contributed by atoms with E-state index in [2.05, 4.69) is 27.2 Å². The summed E-state index contributed by atoms with van der Waals surface area (Å²) >= 11 is 0. The maximum absolute atomic E-state index is 12.9. The number of nitrogens with zero attached hydrogens (tertiary/aromatic N) is 4. The Balaban J connectivity index is 1.56. The van der Waals surface area contributed by atoms with Crippen LogP contribution in [0.4, 0.5) is 5.69 Å². The fourth-order valence-corrected chi connectivity index (χ4v) is 3.37. The predicted molar refractivity (Wildman–Crippen MR) is 87.2 cm³/mol. The number of para-hydroxylation sites is 1. The molecule has 3 aliphatic rings. The molecule has 0 bridgehead atoms. The Morgan fingerprint density at radius 1 is 1.18 bits per heavy atom. The van der Waals surface area contributed by atoms with E-state index in [9.17, 15) is 4.79 Å². The van der Waals surface area contributed by atoms with Crippen LogP contribution in [0.2, 0.25) is 0 Å².